The second-order valence-corrected chi connectivity index (χ2v) is 9.36. The number of carbonyl (C=O) groups is 2. The molecule has 0 aliphatic carbocycles. The number of halogens is 1. The molecule has 1 saturated heterocycles. The number of carboxylic acid groups (broad SMARTS) is 1. The Morgan fingerprint density at radius 3 is 2.64 bits per heavy atom. The van der Waals surface area contributed by atoms with Crippen molar-refractivity contribution < 1.29 is 27.8 Å². The van der Waals surface area contributed by atoms with Gasteiger partial charge in [-0.3, -0.25) is 13.3 Å². The molecule has 3 aromatic rings. The van der Waals surface area contributed by atoms with Gasteiger partial charge in [-0.1, -0.05) is 12.1 Å². The molecule has 1 unspecified atom stereocenters. The zero-order chi connectivity index (χ0) is 26.1. The first-order chi connectivity index (χ1) is 17.1. The minimum absolute atomic E-state index is 0.0105. The standard InChI is InChI=1S/C23H25FN6O5S/c1-28(2)19-6-4-14(12-27-19)30(36(34)35)17-8-10-29(22(17)31)18(23(32)33)11-13-3-5-16-15(20(13)24)7-9-26-21(16)25/h3-7,9,12,17-18H,8,10-11H2,1-2H3,(H2,25,26)(H,32,33)(H,34,35)/p-1/t17-,18+/m0/s1. The zero-order valence-corrected chi connectivity index (χ0v) is 20.3. The minimum Gasteiger partial charge on any atom is -0.755 e. The van der Waals surface area contributed by atoms with Gasteiger partial charge >= 0.3 is 5.97 Å². The first-order valence-corrected chi connectivity index (χ1v) is 12.0. The van der Waals surface area contributed by atoms with Crippen LogP contribution in [0.25, 0.3) is 10.8 Å². The third-order valence-electron chi connectivity index (χ3n) is 6.17. The van der Waals surface area contributed by atoms with E-state index in [1.807, 2.05) is 0 Å². The number of anilines is 3. The van der Waals surface area contributed by atoms with Crippen LogP contribution in [0, 0.1) is 5.82 Å². The number of benzene rings is 1. The number of pyridine rings is 2. The van der Waals surface area contributed by atoms with Crippen LogP contribution in [0.1, 0.15) is 12.0 Å². The first-order valence-electron chi connectivity index (χ1n) is 11.0. The summed E-state index contributed by atoms with van der Waals surface area (Å²) in [5.41, 5.74) is 6.06. The molecule has 4 rings (SSSR count). The van der Waals surface area contributed by atoms with E-state index in [0.29, 0.717) is 11.2 Å². The van der Waals surface area contributed by atoms with Crippen molar-refractivity contribution in [3.8, 4) is 0 Å². The van der Waals surface area contributed by atoms with Gasteiger partial charge in [0.25, 0.3) is 0 Å². The Labute approximate surface area is 208 Å². The Balaban J connectivity index is 1.61. The molecule has 11 nitrogen and oxygen atoms in total. The highest BCUT2D eigenvalue weighted by atomic mass is 32.2. The van der Waals surface area contributed by atoms with E-state index in [4.69, 9.17) is 5.73 Å². The monoisotopic (exact) mass is 515 g/mol. The number of aliphatic carboxylic acids is 1. The van der Waals surface area contributed by atoms with Crippen molar-refractivity contribution in [2.75, 3.05) is 35.6 Å². The van der Waals surface area contributed by atoms with Crippen LogP contribution >= 0.6 is 0 Å². The summed E-state index contributed by atoms with van der Waals surface area (Å²) in [7, 11) is 3.56. The van der Waals surface area contributed by atoms with Crippen LogP contribution in [0.4, 0.5) is 21.7 Å². The maximum absolute atomic E-state index is 15.2. The van der Waals surface area contributed by atoms with E-state index in [2.05, 4.69) is 9.97 Å². The van der Waals surface area contributed by atoms with Crippen LogP contribution in [0.15, 0.2) is 42.7 Å². The lowest BCUT2D eigenvalue weighted by molar-refractivity contribution is -0.148. The Bertz CT molecular complexity index is 1340. The fourth-order valence-corrected chi connectivity index (χ4v) is 5.02. The number of hydrogen-bond acceptors (Lipinski definition) is 8. The summed E-state index contributed by atoms with van der Waals surface area (Å²) in [4.78, 5) is 36.4. The lowest BCUT2D eigenvalue weighted by Gasteiger charge is -2.32. The summed E-state index contributed by atoms with van der Waals surface area (Å²) < 4.78 is 40.3. The van der Waals surface area contributed by atoms with Gasteiger partial charge in [0.05, 0.1) is 11.9 Å². The van der Waals surface area contributed by atoms with Crippen molar-refractivity contribution in [3.63, 3.8) is 0 Å². The highest BCUT2D eigenvalue weighted by Gasteiger charge is 2.42. The lowest BCUT2D eigenvalue weighted by atomic mass is 10.0. The average molecular weight is 516 g/mol. The number of nitrogens with two attached hydrogens (primary N) is 1. The smallest absolute Gasteiger partial charge is 0.326 e. The molecule has 0 saturated carbocycles. The van der Waals surface area contributed by atoms with Gasteiger partial charge in [-0.25, -0.2) is 19.2 Å². The summed E-state index contributed by atoms with van der Waals surface area (Å²) in [6.07, 6.45) is 2.44. The molecule has 0 bridgehead atoms. The Morgan fingerprint density at radius 2 is 2.03 bits per heavy atom. The molecule has 3 heterocycles. The SMILES string of the molecule is CN(C)c1ccc(N([C@H]2CCN([C@H](Cc3ccc4c(N)nccc4c3F)C(=O)O)C2=O)S(=O)[O-])cn1. The third-order valence-corrected chi connectivity index (χ3v) is 6.95. The fourth-order valence-electron chi connectivity index (χ4n) is 4.34. The molecule has 1 amide bonds. The van der Waals surface area contributed by atoms with Gasteiger partial charge in [0.15, 0.2) is 0 Å². The lowest BCUT2D eigenvalue weighted by Crippen LogP contribution is -2.49. The minimum atomic E-state index is -2.82. The zero-order valence-electron chi connectivity index (χ0n) is 19.5. The average Bonchev–Trinajstić information content (AvgIpc) is 3.19. The van der Waals surface area contributed by atoms with Crippen LogP contribution < -0.4 is 14.9 Å². The molecular formula is C23H24FN6O5S-. The van der Waals surface area contributed by atoms with Gasteiger partial charge in [-0.15, -0.1) is 0 Å². The molecule has 0 radical (unpaired) electrons. The van der Waals surface area contributed by atoms with E-state index < -0.39 is 41.0 Å². The number of nitrogen functional groups attached to an aromatic ring is 1. The van der Waals surface area contributed by atoms with E-state index >= 15 is 4.39 Å². The van der Waals surface area contributed by atoms with E-state index in [1.165, 1.54) is 30.6 Å². The number of rotatable bonds is 8. The van der Waals surface area contributed by atoms with Gasteiger partial charge in [0.2, 0.25) is 5.91 Å². The summed E-state index contributed by atoms with van der Waals surface area (Å²) >= 11 is -2.82. The molecule has 1 fully saturated rings. The topological polar surface area (TPSA) is 156 Å². The third kappa shape index (κ3) is 4.66. The number of fused-ring (bicyclic) bond motifs is 1. The largest absolute Gasteiger partial charge is 0.755 e. The molecule has 0 spiro atoms. The Hall–Kier alpha value is -3.84. The van der Waals surface area contributed by atoms with E-state index in [9.17, 15) is 23.5 Å². The molecule has 2 aromatic heterocycles. The predicted octanol–water partition coefficient (Wildman–Crippen LogP) is 1.31. The molecule has 190 valence electrons. The quantitative estimate of drug-likeness (QED) is 0.422. The number of aromatic nitrogens is 2. The Morgan fingerprint density at radius 1 is 1.28 bits per heavy atom. The van der Waals surface area contributed by atoms with Gasteiger partial charge in [0, 0.05) is 55.3 Å². The summed E-state index contributed by atoms with van der Waals surface area (Å²) in [6, 6.07) is 4.99. The first kappa shape index (κ1) is 25.3. The molecule has 1 aliphatic rings. The van der Waals surface area contributed by atoms with E-state index in [-0.39, 0.29) is 41.8 Å². The maximum Gasteiger partial charge on any atom is 0.326 e. The molecule has 36 heavy (non-hydrogen) atoms. The summed E-state index contributed by atoms with van der Waals surface area (Å²) in [5.74, 6) is -1.92. The normalized spacial score (nSPS) is 17.3. The van der Waals surface area contributed by atoms with Crippen molar-refractivity contribution in [2.45, 2.75) is 24.9 Å². The second kappa shape index (κ2) is 10.0. The van der Waals surface area contributed by atoms with E-state index in [0.717, 1.165) is 9.21 Å². The Kier molecular flexibility index (Phi) is 7.04. The number of carbonyl (C=O) groups excluding carboxylic acids is 1. The highest BCUT2D eigenvalue weighted by molar-refractivity contribution is 7.80. The molecule has 3 atom stereocenters. The van der Waals surface area contributed by atoms with Crippen molar-refractivity contribution in [1.82, 2.24) is 14.9 Å². The second-order valence-electron chi connectivity index (χ2n) is 8.54. The van der Waals surface area contributed by atoms with Gasteiger partial charge in [-0.2, -0.15) is 0 Å². The number of amides is 1. The highest BCUT2D eigenvalue weighted by Crippen LogP contribution is 2.30. The summed E-state index contributed by atoms with van der Waals surface area (Å²) in [6.45, 7) is -0.0105. The maximum atomic E-state index is 15.2. The molecular weight excluding hydrogens is 491 g/mol. The van der Waals surface area contributed by atoms with Crippen LogP contribution in [-0.4, -0.2) is 73.3 Å². The van der Waals surface area contributed by atoms with Gasteiger partial charge < -0.3 is 25.2 Å². The molecule has 3 N–H and O–H groups in total. The van der Waals surface area contributed by atoms with E-state index in [1.54, 1.807) is 31.1 Å². The summed E-state index contributed by atoms with van der Waals surface area (Å²) in [5, 5.41) is 10.5. The number of nitrogens with zero attached hydrogens (tertiary/aromatic N) is 5. The van der Waals surface area contributed by atoms with Crippen molar-refractivity contribution in [3.05, 3.63) is 54.1 Å². The van der Waals surface area contributed by atoms with Crippen molar-refractivity contribution in [2.24, 2.45) is 0 Å². The van der Waals surface area contributed by atoms with Gasteiger partial charge in [0.1, 0.15) is 29.5 Å². The van der Waals surface area contributed by atoms with Crippen molar-refractivity contribution >= 4 is 51.2 Å². The van der Waals surface area contributed by atoms with Crippen LogP contribution in [0.2, 0.25) is 0 Å². The predicted molar refractivity (Wildman–Crippen MR) is 131 cm³/mol. The van der Waals surface area contributed by atoms with Crippen LogP contribution in [0.3, 0.4) is 0 Å². The molecule has 1 aromatic carbocycles. The molecule has 13 heteroatoms. The fraction of sp³-hybridized carbons (Fsp3) is 0.304. The van der Waals surface area contributed by atoms with Crippen LogP contribution in [-0.2, 0) is 27.3 Å². The number of carboxylic acids is 1. The number of likely N-dealkylation sites (tertiary alicyclic amines) is 1. The van der Waals surface area contributed by atoms with Crippen molar-refractivity contribution in [1.29, 1.82) is 0 Å². The van der Waals surface area contributed by atoms with Crippen LogP contribution in [0.5, 0.6) is 0 Å². The molecule has 1 aliphatic heterocycles. The van der Waals surface area contributed by atoms with Gasteiger partial charge in [-0.05, 0) is 30.2 Å². The number of hydrogen-bond donors (Lipinski definition) is 2.